The van der Waals surface area contributed by atoms with Gasteiger partial charge in [-0.2, -0.15) is 0 Å². The number of carbonyl (C=O) groups is 2. The van der Waals surface area contributed by atoms with Gasteiger partial charge in [-0.3, -0.25) is 4.79 Å². The lowest BCUT2D eigenvalue weighted by molar-refractivity contribution is 0.0942. The van der Waals surface area contributed by atoms with Crippen molar-refractivity contribution in [3.05, 3.63) is 46.2 Å². The van der Waals surface area contributed by atoms with Crippen molar-refractivity contribution in [3.63, 3.8) is 0 Å². The van der Waals surface area contributed by atoms with Crippen LogP contribution in [0.2, 0.25) is 0 Å². The number of aromatic nitrogens is 1. The molecular weight excluding hydrogens is 433 g/mol. The summed E-state index contributed by atoms with van der Waals surface area (Å²) in [5.74, 6) is -0.728. The van der Waals surface area contributed by atoms with Gasteiger partial charge >= 0.3 is 6.03 Å². The van der Waals surface area contributed by atoms with Crippen LogP contribution < -0.4 is 10.6 Å². The quantitative estimate of drug-likeness (QED) is 0.565. The summed E-state index contributed by atoms with van der Waals surface area (Å²) in [6.07, 6.45) is 3.71. The van der Waals surface area contributed by atoms with E-state index in [2.05, 4.69) is 20.5 Å². The van der Waals surface area contributed by atoms with Gasteiger partial charge in [-0.25, -0.2) is 14.2 Å². The van der Waals surface area contributed by atoms with Crippen LogP contribution >= 0.6 is 11.3 Å². The Kier molecular flexibility index (Phi) is 9.39. The first kappa shape index (κ1) is 24.1. The number of hydrogen-bond donors (Lipinski definition) is 2. The van der Waals surface area contributed by atoms with E-state index in [1.54, 1.807) is 24.6 Å². The summed E-state index contributed by atoms with van der Waals surface area (Å²) in [5.41, 5.74) is 0.442. The molecular formula is C22H30FN5O3S. The fourth-order valence-electron chi connectivity index (χ4n) is 3.46. The first-order valence-electron chi connectivity index (χ1n) is 10.8. The van der Waals surface area contributed by atoms with E-state index in [0.717, 1.165) is 19.6 Å². The molecule has 32 heavy (non-hydrogen) atoms. The second-order valence-electron chi connectivity index (χ2n) is 7.61. The molecule has 0 saturated carbocycles. The number of benzene rings is 1. The molecule has 0 radical (unpaired) electrons. The van der Waals surface area contributed by atoms with E-state index >= 15 is 0 Å². The molecule has 0 aliphatic carbocycles. The maximum absolute atomic E-state index is 13.9. The second kappa shape index (κ2) is 12.5. The normalized spacial score (nSPS) is 14.2. The van der Waals surface area contributed by atoms with Crippen LogP contribution in [0.1, 0.15) is 34.8 Å². The van der Waals surface area contributed by atoms with Crippen LogP contribution in [-0.2, 0) is 11.3 Å². The van der Waals surface area contributed by atoms with Crippen LogP contribution in [0.25, 0.3) is 0 Å². The van der Waals surface area contributed by atoms with E-state index in [1.807, 2.05) is 0 Å². The standard InChI is InChI=1S/C22H30FN5O3S/c1-31-14-13-28(22(30)26-18-8-4-3-7-17(18)23)15-20-25-19(16-32-20)21(29)24-9-12-27-10-5-2-6-11-27/h3-4,7-8,16H,2,5-6,9-15H2,1H3,(H,24,29)(H,26,30). The van der Waals surface area contributed by atoms with E-state index in [0.29, 0.717) is 30.4 Å². The number of likely N-dealkylation sites (tertiary alicyclic amines) is 1. The fraction of sp³-hybridized carbons (Fsp3) is 0.500. The van der Waals surface area contributed by atoms with Crippen LogP contribution in [0.3, 0.4) is 0 Å². The number of ether oxygens (including phenoxy) is 1. The lowest BCUT2D eigenvalue weighted by atomic mass is 10.1. The van der Waals surface area contributed by atoms with Crippen LogP contribution in [0, 0.1) is 5.82 Å². The van der Waals surface area contributed by atoms with Crippen LogP contribution in [-0.4, -0.2) is 73.2 Å². The number of methoxy groups -OCH3 is 1. The van der Waals surface area contributed by atoms with Gasteiger partial charge in [-0.1, -0.05) is 18.6 Å². The van der Waals surface area contributed by atoms with Crippen molar-refractivity contribution in [2.45, 2.75) is 25.8 Å². The number of nitrogens with zero attached hydrogens (tertiary/aromatic N) is 3. The average molecular weight is 464 g/mol. The number of para-hydroxylation sites is 1. The highest BCUT2D eigenvalue weighted by molar-refractivity contribution is 7.09. The summed E-state index contributed by atoms with van der Waals surface area (Å²) in [4.78, 5) is 33.3. The number of piperidine rings is 1. The van der Waals surface area contributed by atoms with Crippen LogP contribution in [0.15, 0.2) is 29.6 Å². The Labute approximate surface area is 191 Å². The fourth-order valence-corrected chi connectivity index (χ4v) is 4.25. The average Bonchev–Trinajstić information content (AvgIpc) is 3.27. The molecule has 3 amide bonds. The van der Waals surface area contributed by atoms with Gasteiger partial charge in [0, 0.05) is 32.1 Å². The van der Waals surface area contributed by atoms with E-state index in [-0.39, 0.29) is 18.1 Å². The largest absolute Gasteiger partial charge is 0.383 e. The number of urea groups is 1. The molecule has 0 unspecified atom stereocenters. The van der Waals surface area contributed by atoms with Crippen molar-refractivity contribution in [1.82, 2.24) is 20.1 Å². The SMILES string of the molecule is COCCN(Cc1nc(C(=O)NCCN2CCCCC2)cs1)C(=O)Nc1ccccc1F. The minimum absolute atomic E-state index is 0.104. The predicted molar refractivity (Wildman–Crippen MR) is 122 cm³/mol. The van der Waals surface area contributed by atoms with Gasteiger partial charge in [0.05, 0.1) is 18.8 Å². The van der Waals surface area contributed by atoms with Crippen molar-refractivity contribution >= 4 is 29.0 Å². The molecule has 2 aromatic rings. The Morgan fingerprint density at radius 2 is 2.03 bits per heavy atom. The van der Waals surface area contributed by atoms with Gasteiger partial charge < -0.3 is 25.2 Å². The van der Waals surface area contributed by atoms with Crippen LogP contribution in [0.4, 0.5) is 14.9 Å². The molecule has 2 N–H and O–H groups in total. The van der Waals surface area contributed by atoms with Gasteiger partial charge in [0.2, 0.25) is 0 Å². The Morgan fingerprint density at radius 3 is 2.78 bits per heavy atom. The maximum Gasteiger partial charge on any atom is 0.322 e. The van der Waals surface area contributed by atoms with E-state index in [1.165, 1.54) is 47.6 Å². The number of rotatable bonds is 10. The monoisotopic (exact) mass is 463 g/mol. The highest BCUT2D eigenvalue weighted by Gasteiger charge is 2.19. The topological polar surface area (TPSA) is 86.8 Å². The van der Waals surface area contributed by atoms with Crippen molar-refractivity contribution in [2.75, 3.05) is 51.8 Å². The molecule has 1 aliphatic heterocycles. The minimum Gasteiger partial charge on any atom is -0.383 e. The van der Waals surface area contributed by atoms with E-state index in [9.17, 15) is 14.0 Å². The molecule has 1 aromatic carbocycles. The lowest BCUT2D eigenvalue weighted by Crippen LogP contribution is -2.38. The number of anilines is 1. The number of halogens is 1. The first-order chi connectivity index (χ1) is 15.6. The lowest BCUT2D eigenvalue weighted by Gasteiger charge is -2.26. The van der Waals surface area contributed by atoms with E-state index in [4.69, 9.17) is 4.74 Å². The summed E-state index contributed by atoms with van der Waals surface area (Å²) >= 11 is 1.31. The molecule has 0 bridgehead atoms. The Hall–Kier alpha value is -2.56. The molecule has 8 nitrogen and oxygen atoms in total. The van der Waals surface area contributed by atoms with Crippen LogP contribution in [0.5, 0.6) is 0 Å². The number of carbonyl (C=O) groups excluding carboxylic acids is 2. The molecule has 174 valence electrons. The Morgan fingerprint density at radius 1 is 1.25 bits per heavy atom. The summed E-state index contributed by atoms with van der Waals surface area (Å²) in [5, 5.41) is 7.80. The third kappa shape index (κ3) is 7.25. The number of amides is 3. The minimum atomic E-state index is -0.509. The predicted octanol–water partition coefficient (Wildman–Crippen LogP) is 3.18. The third-order valence-corrected chi connectivity index (χ3v) is 6.07. The summed E-state index contributed by atoms with van der Waals surface area (Å²) in [7, 11) is 1.54. The summed E-state index contributed by atoms with van der Waals surface area (Å²) in [6.45, 7) is 4.40. The Bertz CT molecular complexity index is 888. The zero-order valence-corrected chi connectivity index (χ0v) is 19.1. The van der Waals surface area contributed by atoms with Crippen molar-refractivity contribution in [3.8, 4) is 0 Å². The zero-order chi connectivity index (χ0) is 22.8. The van der Waals surface area contributed by atoms with Gasteiger partial charge in [-0.15, -0.1) is 11.3 Å². The molecule has 1 saturated heterocycles. The second-order valence-corrected chi connectivity index (χ2v) is 8.55. The smallest absolute Gasteiger partial charge is 0.322 e. The third-order valence-electron chi connectivity index (χ3n) is 5.24. The number of hydrogen-bond acceptors (Lipinski definition) is 6. The molecule has 2 heterocycles. The molecule has 1 aromatic heterocycles. The molecule has 1 aliphatic rings. The van der Waals surface area contributed by atoms with Gasteiger partial charge in [-0.05, 0) is 38.1 Å². The van der Waals surface area contributed by atoms with Gasteiger partial charge in [0.15, 0.2) is 0 Å². The molecule has 1 fully saturated rings. The molecule has 0 spiro atoms. The van der Waals surface area contributed by atoms with Crippen molar-refractivity contribution in [1.29, 1.82) is 0 Å². The van der Waals surface area contributed by atoms with Crippen molar-refractivity contribution < 1.29 is 18.7 Å². The van der Waals surface area contributed by atoms with E-state index < -0.39 is 11.8 Å². The summed E-state index contributed by atoms with van der Waals surface area (Å²) in [6, 6.07) is 5.52. The maximum atomic E-state index is 13.9. The van der Waals surface area contributed by atoms with Gasteiger partial charge in [0.25, 0.3) is 5.91 Å². The number of nitrogens with one attached hydrogen (secondary N) is 2. The summed E-state index contributed by atoms with van der Waals surface area (Å²) < 4.78 is 19.0. The molecule has 3 rings (SSSR count). The molecule has 0 atom stereocenters. The molecule has 10 heteroatoms. The van der Waals surface area contributed by atoms with Gasteiger partial charge in [0.1, 0.15) is 16.5 Å². The Balaban J connectivity index is 1.54. The highest BCUT2D eigenvalue weighted by Crippen LogP contribution is 2.16. The zero-order valence-electron chi connectivity index (χ0n) is 18.3. The number of thiazole rings is 1. The first-order valence-corrected chi connectivity index (χ1v) is 11.7. The van der Waals surface area contributed by atoms with Crippen molar-refractivity contribution in [2.24, 2.45) is 0 Å². The highest BCUT2D eigenvalue weighted by atomic mass is 32.1.